The van der Waals surface area contributed by atoms with Crippen LogP contribution in [0.15, 0.2) is 149 Å². The van der Waals surface area contributed by atoms with E-state index in [-0.39, 0.29) is 36.0 Å². The van der Waals surface area contributed by atoms with E-state index in [1.165, 1.54) is 14.2 Å². The fraction of sp³-hybridized carbons (Fsp3) is 0.311. The van der Waals surface area contributed by atoms with Gasteiger partial charge in [0.05, 0.1) is 79.0 Å². The van der Waals surface area contributed by atoms with Crippen LogP contribution in [0.4, 0.5) is 34.9 Å². The summed E-state index contributed by atoms with van der Waals surface area (Å²) in [5, 5.41) is 40.7. The van der Waals surface area contributed by atoms with Gasteiger partial charge in [0, 0.05) is 117 Å². The fourth-order valence-electron chi connectivity index (χ4n) is 15.4. The first kappa shape index (κ1) is 82.5. The average Bonchev–Trinajstić information content (AvgIpc) is 1.66. The van der Waals surface area contributed by atoms with Crippen molar-refractivity contribution in [1.82, 2.24) is 80.7 Å². The van der Waals surface area contributed by atoms with Gasteiger partial charge in [-0.1, -0.05) is 36.4 Å². The monoisotopic (exact) mass is 1670 g/mol. The number of H-pyrrole nitrogens is 4. The lowest BCUT2D eigenvalue weighted by Crippen LogP contribution is -2.35. The van der Waals surface area contributed by atoms with Crippen LogP contribution in [0.1, 0.15) is 127 Å². The SMILES string of the molecule is CNC(=O)c1ccc(Nc2nc(OC3CCC(C)(O)CC3)c3c(-c4ccc5nc(C)oc5c4)c[nH]c3n2)c(OC)c1.CNC(=O)c1ccc(Nc2nc(OC3CCC(C)(O)CC3)c3c(-c4ccc5nc(C)oc5c4)c[nH]c3n2)c(OC)c1.CNC(=O)c1ccc(Nc2nc(OC3CCOCC3)c3c(-c4ccc(-c5ncc(C)[nH]5)cc4)c[nH]c3n2)c(OC)c1. The summed E-state index contributed by atoms with van der Waals surface area (Å²) in [6, 6.07) is 35.2. The Morgan fingerprint density at radius 3 is 1.14 bits per heavy atom. The van der Waals surface area contributed by atoms with Gasteiger partial charge in [-0.25, -0.2) is 15.0 Å². The minimum Gasteiger partial charge on any atom is -0.495 e. The van der Waals surface area contributed by atoms with Crippen LogP contribution >= 0.6 is 0 Å². The predicted octanol–water partition coefficient (Wildman–Crippen LogP) is 15.5. The number of amides is 3. The molecule has 18 rings (SSSR count). The van der Waals surface area contributed by atoms with Gasteiger partial charge in [-0.2, -0.15) is 29.9 Å². The molecule has 10 heterocycles. The molecule has 33 heteroatoms. The van der Waals surface area contributed by atoms with Crippen molar-refractivity contribution in [3.8, 4) is 79.7 Å². The first-order valence-corrected chi connectivity index (χ1v) is 40.6. The van der Waals surface area contributed by atoms with Crippen molar-refractivity contribution >= 4 is 108 Å². The fourth-order valence-corrected chi connectivity index (χ4v) is 15.4. The molecule has 3 aliphatic rings. The van der Waals surface area contributed by atoms with Crippen molar-refractivity contribution in [2.24, 2.45) is 0 Å². The summed E-state index contributed by atoms with van der Waals surface area (Å²) >= 11 is 0. The molecule has 33 nitrogen and oxygen atoms in total. The van der Waals surface area contributed by atoms with Gasteiger partial charge in [0.1, 0.15) is 69.4 Å². The van der Waals surface area contributed by atoms with Gasteiger partial charge in [-0.05, 0) is 168 Å². The molecule has 0 unspecified atom stereocenters. The molecular weight excluding hydrogens is 1570 g/mol. The number of aromatic amines is 4. The van der Waals surface area contributed by atoms with Crippen molar-refractivity contribution < 1.29 is 66.6 Å². The van der Waals surface area contributed by atoms with E-state index >= 15 is 0 Å². The molecule has 634 valence electrons. The average molecular weight is 1670 g/mol. The number of methoxy groups -OCH3 is 3. The summed E-state index contributed by atoms with van der Waals surface area (Å²) in [6.07, 6.45) is 14.2. The van der Waals surface area contributed by atoms with Crippen LogP contribution in [0.3, 0.4) is 0 Å². The van der Waals surface area contributed by atoms with Crippen LogP contribution in [0.2, 0.25) is 0 Å². The Kier molecular flexibility index (Phi) is 23.6. The molecule has 15 aromatic rings. The molecule has 6 aromatic carbocycles. The highest BCUT2D eigenvalue weighted by Crippen LogP contribution is 2.44. The second kappa shape index (κ2) is 35.2. The van der Waals surface area contributed by atoms with Crippen molar-refractivity contribution in [1.29, 1.82) is 0 Å². The Balaban J connectivity index is 0.000000137. The summed E-state index contributed by atoms with van der Waals surface area (Å²) in [7, 11) is 9.36. The zero-order chi connectivity index (χ0) is 85.8. The first-order valence-electron chi connectivity index (χ1n) is 40.6. The predicted molar refractivity (Wildman–Crippen MR) is 465 cm³/mol. The number of nitrogens with one attached hydrogen (secondary N) is 10. The number of oxazole rings is 2. The van der Waals surface area contributed by atoms with Gasteiger partial charge >= 0.3 is 0 Å². The molecule has 9 aromatic heterocycles. The van der Waals surface area contributed by atoms with E-state index in [0.717, 1.165) is 90.5 Å². The summed E-state index contributed by atoms with van der Waals surface area (Å²) in [5.41, 5.74) is 14.1. The lowest BCUT2D eigenvalue weighted by molar-refractivity contribution is -0.0115. The second-order valence-electron chi connectivity index (χ2n) is 31.1. The van der Waals surface area contributed by atoms with Gasteiger partial charge in [0.2, 0.25) is 35.5 Å². The number of carbonyl (C=O) groups excluding carboxylic acids is 3. The van der Waals surface area contributed by atoms with Crippen molar-refractivity contribution in [3.05, 3.63) is 174 Å². The molecule has 2 saturated carbocycles. The number of hydrogen-bond acceptors (Lipinski definition) is 26. The Labute approximate surface area is 705 Å². The number of hydrogen-bond donors (Lipinski definition) is 12. The van der Waals surface area contributed by atoms with E-state index in [0.29, 0.717) is 191 Å². The lowest BCUT2D eigenvalue weighted by Gasteiger charge is -2.33. The van der Waals surface area contributed by atoms with Crippen LogP contribution in [0.25, 0.3) is 100 Å². The Morgan fingerprint density at radius 1 is 0.439 bits per heavy atom. The summed E-state index contributed by atoms with van der Waals surface area (Å²) in [6.45, 7) is 10.6. The number of rotatable bonds is 22. The number of aryl methyl sites for hydroxylation is 3. The van der Waals surface area contributed by atoms with Gasteiger partial charge in [-0.3, -0.25) is 14.4 Å². The summed E-state index contributed by atoms with van der Waals surface area (Å²) in [4.78, 5) is 91.3. The molecule has 0 atom stereocenters. The standard InChI is InChI=1S/C30H31N7O4.2C30H32N6O5/c1-17-15-32-26(34-17)19-6-4-18(5-7-19)22-16-33-27-25(22)29(41-21-10-12-40-13-11-21)37-30(36-27)35-23-9-8-20(28(38)31-2)14-24(23)39-3;2*1-16-33-22-7-5-17(13-24(22)40-16)20-15-32-26-25(20)28(41-19-9-11-30(2,38)12-10-19)36-29(35-26)34-21-8-6-18(27(37)31-3)14-23(21)39-4/h4-9,14-16,21H,10-13H2,1-3H3,(H,31,38)(H,32,34)(H2,33,35,36,37);2*5-8,13-15,19,38H,9-12H2,1-4H3,(H,31,37)(H2,32,34,35,36). The maximum atomic E-state index is 12.1. The quantitative estimate of drug-likeness (QED) is 0.0300. The van der Waals surface area contributed by atoms with E-state index in [9.17, 15) is 24.6 Å². The molecule has 0 radical (unpaired) electrons. The maximum absolute atomic E-state index is 12.1. The largest absolute Gasteiger partial charge is 0.495 e. The number of aromatic nitrogens is 13. The third kappa shape index (κ3) is 18.3. The van der Waals surface area contributed by atoms with Crippen molar-refractivity contribution in [3.63, 3.8) is 0 Å². The van der Waals surface area contributed by atoms with Gasteiger partial charge in [-0.15, -0.1) is 0 Å². The Morgan fingerprint density at radius 2 is 0.789 bits per heavy atom. The van der Waals surface area contributed by atoms with E-state index < -0.39 is 11.2 Å². The Hall–Kier alpha value is -14.2. The third-order valence-corrected chi connectivity index (χ3v) is 22.1. The highest BCUT2D eigenvalue weighted by atomic mass is 16.5. The topological polar surface area (TPSA) is 434 Å². The zero-order valence-corrected chi connectivity index (χ0v) is 69.8. The van der Waals surface area contributed by atoms with Crippen molar-refractivity contribution in [2.75, 3.05) is 71.6 Å². The molecule has 0 bridgehead atoms. The smallest absolute Gasteiger partial charge is 0.251 e. The van der Waals surface area contributed by atoms with Crippen LogP contribution in [-0.2, 0) is 4.74 Å². The normalized spacial score (nSPS) is 17.2. The van der Waals surface area contributed by atoms with E-state index in [4.69, 9.17) is 71.9 Å². The Bertz CT molecular complexity index is 6140. The molecule has 3 fully saturated rings. The highest BCUT2D eigenvalue weighted by Gasteiger charge is 2.34. The van der Waals surface area contributed by atoms with Gasteiger partial charge in [0.15, 0.2) is 22.9 Å². The van der Waals surface area contributed by atoms with Crippen molar-refractivity contribution in [2.45, 2.75) is 128 Å². The summed E-state index contributed by atoms with van der Waals surface area (Å²) < 4.78 is 53.2. The van der Waals surface area contributed by atoms with Crippen LogP contribution in [0.5, 0.6) is 34.9 Å². The number of nitrogens with zero attached hydrogens (tertiary/aromatic N) is 9. The molecule has 1 aliphatic heterocycles. The first-order chi connectivity index (χ1) is 59.5. The number of fused-ring (bicyclic) bond motifs is 5. The number of benzene rings is 6. The van der Waals surface area contributed by atoms with Crippen LogP contribution in [-0.4, -0.2) is 178 Å². The molecular formula is C90H95N19O14. The summed E-state index contributed by atoms with van der Waals surface area (Å²) in [5.74, 6) is 5.09. The van der Waals surface area contributed by atoms with Crippen LogP contribution in [0, 0.1) is 20.8 Å². The number of anilines is 6. The van der Waals surface area contributed by atoms with E-state index in [2.05, 4.69) is 78.9 Å². The highest BCUT2D eigenvalue weighted by molar-refractivity contribution is 6.03. The minimum absolute atomic E-state index is 0.0246. The third-order valence-electron chi connectivity index (χ3n) is 22.1. The molecule has 3 amide bonds. The molecule has 12 N–H and O–H groups in total. The van der Waals surface area contributed by atoms with E-state index in [1.807, 2.05) is 108 Å². The molecule has 2 aliphatic carbocycles. The molecule has 0 spiro atoms. The molecule has 1 saturated heterocycles. The lowest BCUT2D eigenvalue weighted by atomic mass is 9.85. The second-order valence-corrected chi connectivity index (χ2v) is 31.1. The number of carbonyl (C=O) groups is 3. The van der Waals surface area contributed by atoms with Gasteiger partial charge in [0.25, 0.3) is 17.7 Å². The maximum Gasteiger partial charge on any atom is 0.251 e. The molecule has 123 heavy (non-hydrogen) atoms. The van der Waals surface area contributed by atoms with Crippen LogP contribution < -0.4 is 60.3 Å². The van der Waals surface area contributed by atoms with E-state index in [1.54, 1.807) is 82.9 Å². The number of ether oxygens (including phenoxy) is 7. The zero-order valence-electron chi connectivity index (χ0n) is 69.8. The van der Waals surface area contributed by atoms with Gasteiger partial charge < -0.3 is 104 Å². The number of aliphatic hydroxyl groups is 2. The number of imidazole rings is 1. The minimum atomic E-state index is -0.686.